The van der Waals surface area contributed by atoms with Gasteiger partial charge in [-0.25, -0.2) is 0 Å². The molecule has 4 aliphatic rings. The fraction of sp³-hybridized carbons (Fsp3) is 0.550. The van der Waals surface area contributed by atoms with Crippen molar-refractivity contribution in [2.24, 2.45) is 0 Å². The van der Waals surface area contributed by atoms with E-state index in [9.17, 15) is 23.4 Å². The van der Waals surface area contributed by atoms with E-state index in [2.05, 4.69) is 11.5 Å². The van der Waals surface area contributed by atoms with Crippen LogP contribution in [0.4, 0.5) is 0 Å². The lowest BCUT2D eigenvalue weighted by molar-refractivity contribution is -0.187. The topological polar surface area (TPSA) is 124 Å². The fourth-order valence-electron chi connectivity index (χ4n) is 5.80. The molecular formula is C20H25NO7S. The lowest BCUT2D eigenvalue weighted by atomic mass is 9.49. The van der Waals surface area contributed by atoms with Crippen LogP contribution < -0.4 is 4.74 Å². The van der Waals surface area contributed by atoms with Crippen molar-refractivity contribution >= 4 is 15.9 Å². The molecule has 2 fully saturated rings. The molecule has 0 aromatic heterocycles. The molecule has 0 amide bonds. The number of rotatable bonds is 2. The largest absolute Gasteiger partial charge is 0.504 e. The van der Waals surface area contributed by atoms with Crippen LogP contribution in [0.25, 0.3) is 0 Å². The third-order valence-electron chi connectivity index (χ3n) is 6.73. The molecule has 2 aliphatic carbocycles. The molecule has 158 valence electrons. The zero-order valence-corrected chi connectivity index (χ0v) is 17.0. The second-order valence-electron chi connectivity index (χ2n) is 8.29. The van der Waals surface area contributed by atoms with Gasteiger partial charge >= 0.3 is 0 Å². The number of phenolic OH excluding ortho intramolecular Hbond substituents is 1. The van der Waals surface area contributed by atoms with Gasteiger partial charge in [-0.15, -0.1) is 6.58 Å². The molecule has 29 heavy (non-hydrogen) atoms. The first-order chi connectivity index (χ1) is 13.5. The lowest BCUT2D eigenvalue weighted by Gasteiger charge is -2.62. The average molecular weight is 423 g/mol. The Morgan fingerprint density at radius 3 is 2.72 bits per heavy atom. The standard InChI is InChI=1S/C19H21NO4.CH4O3S/c1-2-8-20-9-7-18-15-11-3-4-12(21)16(15)24-17(18)13(22)5-6-19(18,23)14(20)10-11;1-5(2,3)4/h2-4,14,17,21,23H,1,5-10H2;1H3,(H,2,3,4)/t14-,17+,18+,19-;/m1./s1. The quantitative estimate of drug-likeness (QED) is 0.471. The highest BCUT2D eigenvalue weighted by Crippen LogP contribution is 2.64. The molecule has 1 saturated carbocycles. The Morgan fingerprint density at radius 2 is 2.07 bits per heavy atom. The van der Waals surface area contributed by atoms with Crippen LogP contribution in [0.1, 0.15) is 30.4 Å². The summed E-state index contributed by atoms with van der Waals surface area (Å²) in [5, 5.41) is 22.1. The smallest absolute Gasteiger partial charge is 0.261 e. The Kier molecular flexibility index (Phi) is 4.58. The Balaban J connectivity index is 0.000000369. The maximum absolute atomic E-state index is 12.6. The minimum atomic E-state index is -3.67. The molecule has 1 aromatic carbocycles. The van der Waals surface area contributed by atoms with Crippen LogP contribution in [0.15, 0.2) is 24.8 Å². The number of carbonyl (C=O) groups excluding carboxylic acids is 1. The number of aliphatic hydroxyl groups is 1. The minimum Gasteiger partial charge on any atom is -0.504 e. The van der Waals surface area contributed by atoms with Crippen molar-refractivity contribution in [2.45, 2.75) is 48.8 Å². The maximum Gasteiger partial charge on any atom is 0.261 e. The summed E-state index contributed by atoms with van der Waals surface area (Å²) in [6.45, 7) is 5.36. The van der Waals surface area contributed by atoms with Crippen molar-refractivity contribution in [3.8, 4) is 11.5 Å². The van der Waals surface area contributed by atoms with Gasteiger partial charge in [-0.3, -0.25) is 14.2 Å². The van der Waals surface area contributed by atoms with E-state index in [1.807, 2.05) is 12.1 Å². The van der Waals surface area contributed by atoms with E-state index in [4.69, 9.17) is 9.29 Å². The van der Waals surface area contributed by atoms with Crippen molar-refractivity contribution in [1.82, 2.24) is 4.90 Å². The van der Waals surface area contributed by atoms with Gasteiger partial charge in [0, 0.05) is 31.1 Å². The maximum atomic E-state index is 12.6. The van der Waals surface area contributed by atoms with Crippen LogP contribution in [0, 0.1) is 0 Å². The number of ketones is 1. The van der Waals surface area contributed by atoms with Gasteiger partial charge < -0.3 is 14.9 Å². The van der Waals surface area contributed by atoms with Crippen LogP contribution in [-0.2, 0) is 26.7 Å². The Labute approximate surface area is 169 Å². The highest BCUT2D eigenvalue weighted by atomic mass is 32.2. The Hall–Kier alpha value is -1.94. The molecule has 9 heteroatoms. The summed E-state index contributed by atoms with van der Waals surface area (Å²) in [6, 6.07) is 3.52. The number of piperidine rings is 1. The highest BCUT2D eigenvalue weighted by molar-refractivity contribution is 7.85. The third-order valence-corrected chi connectivity index (χ3v) is 6.73. The number of hydrogen-bond donors (Lipinski definition) is 3. The number of benzene rings is 1. The highest BCUT2D eigenvalue weighted by Gasteiger charge is 2.73. The number of ether oxygens (including phenoxy) is 1. The van der Waals surface area contributed by atoms with Crippen LogP contribution in [0.2, 0.25) is 0 Å². The molecule has 4 atom stereocenters. The van der Waals surface area contributed by atoms with Crippen LogP contribution in [0.3, 0.4) is 0 Å². The van der Waals surface area contributed by atoms with E-state index < -0.39 is 27.2 Å². The molecule has 1 spiro atoms. The summed E-state index contributed by atoms with van der Waals surface area (Å²) in [7, 11) is -3.67. The molecule has 3 N–H and O–H groups in total. The first-order valence-electron chi connectivity index (χ1n) is 9.57. The molecule has 0 unspecified atom stereocenters. The van der Waals surface area contributed by atoms with Gasteiger partial charge in [-0.05, 0) is 30.9 Å². The average Bonchev–Trinajstić information content (AvgIpc) is 2.97. The number of phenols is 1. The Morgan fingerprint density at radius 1 is 1.38 bits per heavy atom. The van der Waals surface area contributed by atoms with Gasteiger partial charge in [0.2, 0.25) is 0 Å². The number of Topliss-reactive ketones (excluding diaryl/α,β-unsaturated/α-hetero) is 1. The number of likely N-dealkylation sites (tertiary alicyclic amines) is 1. The number of nitrogens with zero attached hydrogens (tertiary/aromatic N) is 1. The van der Waals surface area contributed by atoms with E-state index in [-0.39, 0.29) is 17.6 Å². The first kappa shape index (κ1) is 20.3. The van der Waals surface area contributed by atoms with Gasteiger partial charge in [0.05, 0.1) is 17.3 Å². The van der Waals surface area contributed by atoms with Crippen molar-refractivity contribution < 1.29 is 32.7 Å². The summed E-state index contributed by atoms with van der Waals surface area (Å²) in [6.07, 6.45) is 4.06. The molecule has 2 bridgehead atoms. The number of carbonyl (C=O) groups is 1. The zero-order chi connectivity index (χ0) is 21.2. The second kappa shape index (κ2) is 6.53. The van der Waals surface area contributed by atoms with Gasteiger partial charge in [-0.1, -0.05) is 12.1 Å². The SMILES string of the molecule is C=CCN1CC[C@]23c4c5ccc(O)c4O[C@H]2C(=O)CC[C@@]3(O)[C@H]1C5.CS(=O)(=O)O. The third kappa shape index (κ3) is 2.83. The normalized spacial score (nSPS) is 34.5. The molecule has 5 rings (SSSR count). The number of aromatic hydroxyl groups is 1. The molecular weight excluding hydrogens is 398 g/mol. The van der Waals surface area contributed by atoms with Crippen molar-refractivity contribution in [3.05, 3.63) is 35.9 Å². The van der Waals surface area contributed by atoms with E-state index in [1.165, 1.54) is 0 Å². The first-order valence-corrected chi connectivity index (χ1v) is 11.4. The second-order valence-corrected chi connectivity index (χ2v) is 9.76. The van der Waals surface area contributed by atoms with Crippen molar-refractivity contribution in [3.63, 3.8) is 0 Å². The van der Waals surface area contributed by atoms with Gasteiger partial charge in [-0.2, -0.15) is 8.42 Å². The van der Waals surface area contributed by atoms with Gasteiger partial charge in [0.1, 0.15) is 0 Å². The van der Waals surface area contributed by atoms with Gasteiger partial charge in [0.15, 0.2) is 23.4 Å². The predicted octanol–water partition coefficient (Wildman–Crippen LogP) is 0.805. The fourth-order valence-corrected chi connectivity index (χ4v) is 5.80. The van der Waals surface area contributed by atoms with E-state index >= 15 is 0 Å². The van der Waals surface area contributed by atoms with E-state index in [0.717, 1.165) is 24.2 Å². The van der Waals surface area contributed by atoms with Crippen LogP contribution in [-0.4, -0.2) is 71.0 Å². The molecule has 8 nitrogen and oxygen atoms in total. The number of hydrogen-bond acceptors (Lipinski definition) is 7. The Bertz CT molecular complexity index is 983. The minimum absolute atomic E-state index is 0.0408. The monoisotopic (exact) mass is 423 g/mol. The summed E-state index contributed by atoms with van der Waals surface area (Å²) < 4.78 is 31.9. The van der Waals surface area contributed by atoms with Crippen LogP contribution in [0.5, 0.6) is 11.5 Å². The molecule has 2 aliphatic heterocycles. The summed E-state index contributed by atoms with van der Waals surface area (Å²) in [5.74, 6) is 0.528. The summed E-state index contributed by atoms with van der Waals surface area (Å²) >= 11 is 0. The van der Waals surface area contributed by atoms with E-state index in [0.29, 0.717) is 37.7 Å². The molecule has 1 aromatic rings. The zero-order valence-electron chi connectivity index (χ0n) is 16.2. The molecule has 1 saturated heterocycles. The van der Waals surface area contributed by atoms with Crippen molar-refractivity contribution in [2.75, 3.05) is 19.3 Å². The summed E-state index contributed by atoms with van der Waals surface area (Å²) in [4.78, 5) is 14.9. The summed E-state index contributed by atoms with van der Waals surface area (Å²) in [5.41, 5.74) is 0.256. The van der Waals surface area contributed by atoms with Crippen LogP contribution >= 0.6 is 0 Å². The van der Waals surface area contributed by atoms with Crippen molar-refractivity contribution in [1.29, 1.82) is 0 Å². The lowest BCUT2D eigenvalue weighted by Crippen LogP contribution is -2.76. The predicted molar refractivity (Wildman–Crippen MR) is 105 cm³/mol. The van der Waals surface area contributed by atoms with Gasteiger partial charge in [0.25, 0.3) is 10.1 Å². The van der Waals surface area contributed by atoms with E-state index in [1.54, 1.807) is 6.07 Å². The molecule has 0 radical (unpaired) electrons. The molecule has 2 heterocycles.